The molecule has 0 aliphatic carbocycles. The molecule has 10 heteroatoms. The standard InChI is InChI=1S/C19H22BrN5O2S2/c1-12-14(25-11-24-12)9-28-7-5-22-16-17(19(27)18(16)26)23-6-8-29-10-15-13(20)3-2-4-21-15/h2-4,11,22-23H,5-10H2,1H3,(H,24,25). The van der Waals surface area contributed by atoms with Crippen LogP contribution in [0.4, 0.5) is 11.4 Å². The van der Waals surface area contributed by atoms with Crippen LogP contribution < -0.4 is 21.5 Å². The van der Waals surface area contributed by atoms with Gasteiger partial charge in [0.1, 0.15) is 11.4 Å². The monoisotopic (exact) mass is 495 g/mol. The van der Waals surface area contributed by atoms with Crippen LogP contribution in [0.3, 0.4) is 0 Å². The van der Waals surface area contributed by atoms with E-state index in [2.05, 4.69) is 41.5 Å². The third-order valence-corrected chi connectivity index (χ3v) is 6.92. The lowest BCUT2D eigenvalue weighted by molar-refractivity contribution is 1.13. The smallest absolute Gasteiger partial charge is 0.253 e. The molecule has 1 aromatic carbocycles. The molecule has 0 radical (unpaired) electrons. The molecular formula is C19H22BrN5O2S2. The van der Waals surface area contributed by atoms with Crippen molar-refractivity contribution in [3.05, 3.63) is 66.7 Å². The highest BCUT2D eigenvalue weighted by molar-refractivity contribution is 9.10. The fourth-order valence-corrected chi connectivity index (χ4v) is 4.89. The molecule has 0 aliphatic heterocycles. The first kappa shape index (κ1) is 21.9. The molecule has 0 aliphatic rings. The average molecular weight is 496 g/mol. The summed E-state index contributed by atoms with van der Waals surface area (Å²) in [5.41, 5.74) is 3.05. The Morgan fingerprint density at radius 2 is 1.62 bits per heavy atom. The van der Waals surface area contributed by atoms with Crippen molar-refractivity contribution in [2.45, 2.75) is 18.4 Å². The molecule has 0 saturated carbocycles. The van der Waals surface area contributed by atoms with E-state index < -0.39 is 10.9 Å². The summed E-state index contributed by atoms with van der Waals surface area (Å²) in [6.45, 7) is 3.23. The predicted molar refractivity (Wildman–Crippen MR) is 126 cm³/mol. The summed E-state index contributed by atoms with van der Waals surface area (Å²) >= 11 is 6.93. The van der Waals surface area contributed by atoms with Gasteiger partial charge in [0.25, 0.3) is 10.9 Å². The molecule has 0 bridgehead atoms. The molecule has 0 atom stereocenters. The molecule has 29 heavy (non-hydrogen) atoms. The largest absolute Gasteiger partial charge is 0.379 e. The topological polar surface area (TPSA) is 99.8 Å². The van der Waals surface area contributed by atoms with Crippen LogP contribution >= 0.6 is 39.5 Å². The number of hydrogen-bond donors (Lipinski definition) is 3. The van der Waals surface area contributed by atoms with Crippen molar-refractivity contribution in [3.8, 4) is 0 Å². The van der Waals surface area contributed by atoms with Crippen LogP contribution in [0, 0.1) is 6.92 Å². The fourth-order valence-electron chi connectivity index (χ4n) is 2.62. The highest BCUT2D eigenvalue weighted by Gasteiger charge is 2.19. The predicted octanol–water partition coefficient (Wildman–Crippen LogP) is 3.16. The van der Waals surface area contributed by atoms with Crippen LogP contribution in [-0.2, 0) is 11.5 Å². The minimum absolute atomic E-state index is 0.405. The van der Waals surface area contributed by atoms with Gasteiger partial charge in [-0.25, -0.2) is 4.98 Å². The van der Waals surface area contributed by atoms with Crippen molar-refractivity contribution in [1.29, 1.82) is 0 Å². The average Bonchev–Trinajstić information content (AvgIpc) is 3.13. The Labute approximate surface area is 185 Å². The number of pyridine rings is 1. The van der Waals surface area contributed by atoms with Gasteiger partial charge in [-0.2, -0.15) is 23.5 Å². The quantitative estimate of drug-likeness (QED) is 0.260. The Morgan fingerprint density at radius 3 is 2.17 bits per heavy atom. The Kier molecular flexibility index (Phi) is 8.19. The molecular weight excluding hydrogens is 474 g/mol. The van der Waals surface area contributed by atoms with Crippen LogP contribution in [0.1, 0.15) is 17.1 Å². The van der Waals surface area contributed by atoms with Crippen LogP contribution in [-0.4, -0.2) is 39.5 Å². The lowest BCUT2D eigenvalue weighted by Crippen LogP contribution is -2.38. The van der Waals surface area contributed by atoms with E-state index in [4.69, 9.17) is 0 Å². The molecule has 154 valence electrons. The zero-order valence-electron chi connectivity index (χ0n) is 16.0. The number of nitrogens with one attached hydrogen (secondary N) is 3. The lowest BCUT2D eigenvalue weighted by atomic mass is 10.2. The van der Waals surface area contributed by atoms with E-state index in [0.29, 0.717) is 24.5 Å². The number of hydrogen-bond acceptors (Lipinski definition) is 8. The van der Waals surface area contributed by atoms with Gasteiger partial charge in [0.05, 0.1) is 17.7 Å². The van der Waals surface area contributed by atoms with Gasteiger partial charge < -0.3 is 15.6 Å². The van der Waals surface area contributed by atoms with Crippen LogP contribution in [0.2, 0.25) is 0 Å². The first-order chi connectivity index (χ1) is 14.1. The van der Waals surface area contributed by atoms with Gasteiger partial charge in [-0.3, -0.25) is 14.6 Å². The van der Waals surface area contributed by atoms with Gasteiger partial charge in [-0.1, -0.05) is 0 Å². The second kappa shape index (κ2) is 10.8. The minimum atomic E-state index is -0.440. The fraction of sp³-hybridized carbons (Fsp3) is 0.368. The summed E-state index contributed by atoms with van der Waals surface area (Å²) < 4.78 is 0.995. The molecule has 2 aromatic heterocycles. The van der Waals surface area contributed by atoms with Gasteiger partial charge in [0.15, 0.2) is 0 Å². The van der Waals surface area contributed by atoms with Crippen LogP contribution in [0.25, 0.3) is 0 Å². The molecule has 2 heterocycles. The second-order valence-corrected chi connectivity index (χ2v) is 9.34. The second-order valence-electron chi connectivity index (χ2n) is 6.27. The molecule has 3 N–H and O–H groups in total. The third kappa shape index (κ3) is 5.86. The Morgan fingerprint density at radius 1 is 1.00 bits per heavy atom. The van der Waals surface area contributed by atoms with Crippen molar-refractivity contribution >= 4 is 50.8 Å². The number of H-pyrrole nitrogens is 1. The van der Waals surface area contributed by atoms with E-state index >= 15 is 0 Å². The molecule has 0 unspecified atom stereocenters. The Balaban J connectivity index is 1.36. The molecule has 0 spiro atoms. The maximum atomic E-state index is 11.8. The van der Waals surface area contributed by atoms with Crippen molar-refractivity contribution in [3.63, 3.8) is 0 Å². The van der Waals surface area contributed by atoms with Gasteiger partial charge in [0.2, 0.25) is 0 Å². The molecule has 0 fully saturated rings. The lowest BCUT2D eigenvalue weighted by Gasteiger charge is -2.14. The number of thioether (sulfide) groups is 2. The SMILES string of the molecule is Cc1[nH]cnc1CSCCNc1c(NCCSCc2ncccc2Br)c(=O)c1=O. The highest BCUT2D eigenvalue weighted by atomic mass is 79.9. The normalized spacial score (nSPS) is 11.1. The molecule has 0 saturated heterocycles. The number of halogens is 1. The summed E-state index contributed by atoms with van der Waals surface area (Å²) in [6, 6.07) is 3.85. The Bertz CT molecular complexity index is 1020. The maximum Gasteiger partial charge on any atom is 0.253 e. The summed E-state index contributed by atoms with van der Waals surface area (Å²) in [7, 11) is 0. The molecule has 0 amide bonds. The molecule has 7 nitrogen and oxygen atoms in total. The van der Waals surface area contributed by atoms with Gasteiger partial charge in [-0.15, -0.1) is 0 Å². The van der Waals surface area contributed by atoms with E-state index in [1.54, 1.807) is 36.0 Å². The van der Waals surface area contributed by atoms with Crippen LogP contribution in [0.5, 0.6) is 0 Å². The number of aryl methyl sites for hydroxylation is 1. The number of anilines is 2. The number of aromatic amines is 1. The Hall–Kier alpha value is -1.78. The first-order valence-electron chi connectivity index (χ1n) is 9.12. The van der Waals surface area contributed by atoms with Crippen molar-refractivity contribution in [2.24, 2.45) is 0 Å². The number of imidazole rings is 1. The van der Waals surface area contributed by atoms with Gasteiger partial charge in [-0.05, 0) is 35.0 Å². The van der Waals surface area contributed by atoms with Gasteiger partial charge in [0, 0.05) is 52.5 Å². The van der Waals surface area contributed by atoms with Crippen molar-refractivity contribution in [1.82, 2.24) is 15.0 Å². The number of aromatic nitrogens is 3. The van der Waals surface area contributed by atoms with E-state index in [1.165, 1.54) is 0 Å². The summed E-state index contributed by atoms with van der Waals surface area (Å²) in [4.78, 5) is 35.3. The first-order valence-corrected chi connectivity index (χ1v) is 12.2. The van der Waals surface area contributed by atoms with E-state index in [-0.39, 0.29) is 0 Å². The summed E-state index contributed by atoms with van der Waals surface area (Å²) in [5, 5.41) is 6.19. The zero-order valence-corrected chi connectivity index (χ0v) is 19.2. The van der Waals surface area contributed by atoms with E-state index in [9.17, 15) is 9.59 Å². The molecule has 3 aromatic rings. The number of nitrogens with zero attached hydrogens (tertiary/aromatic N) is 2. The van der Waals surface area contributed by atoms with Crippen molar-refractivity contribution in [2.75, 3.05) is 35.2 Å². The summed E-state index contributed by atoms with van der Waals surface area (Å²) in [6.07, 6.45) is 3.47. The van der Waals surface area contributed by atoms with Crippen LogP contribution in [0.15, 0.2) is 38.7 Å². The number of rotatable bonds is 12. The van der Waals surface area contributed by atoms with Crippen molar-refractivity contribution < 1.29 is 0 Å². The summed E-state index contributed by atoms with van der Waals surface area (Å²) in [5.74, 6) is 3.23. The molecule has 3 rings (SSSR count). The maximum absolute atomic E-state index is 11.8. The highest BCUT2D eigenvalue weighted by Crippen LogP contribution is 2.20. The zero-order chi connectivity index (χ0) is 20.6. The minimum Gasteiger partial charge on any atom is -0.379 e. The van der Waals surface area contributed by atoms with Gasteiger partial charge >= 0.3 is 0 Å². The third-order valence-electron chi connectivity index (χ3n) is 4.25. The van der Waals surface area contributed by atoms with E-state index in [1.807, 2.05) is 19.1 Å². The van der Waals surface area contributed by atoms with E-state index in [0.717, 1.165) is 44.6 Å².